The van der Waals surface area contributed by atoms with Crippen molar-refractivity contribution in [2.75, 3.05) is 31.1 Å². The Morgan fingerprint density at radius 2 is 1.86 bits per heavy atom. The summed E-state index contributed by atoms with van der Waals surface area (Å²) in [5.74, 6) is 2.51. The molecular formula is C35H42ClN5O3. The highest BCUT2D eigenvalue weighted by molar-refractivity contribution is 6.38. The van der Waals surface area contributed by atoms with Crippen LogP contribution in [0, 0.1) is 23.2 Å². The third kappa shape index (κ3) is 5.62. The van der Waals surface area contributed by atoms with Crippen molar-refractivity contribution in [3.8, 4) is 11.1 Å². The molecule has 0 spiro atoms. The monoisotopic (exact) mass is 615 g/mol. The van der Waals surface area contributed by atoms with Gasteiger partial charge in [0.05, 0.1) is 5.02 Å². The minimum absolute atomic E-state index is 0.0357. The summed E-state index contributed by atoms with van der Waals surface area (Å²) in [5.41, 5.74) is 4.60. The predicted molar refractivity (Wildman–Crippen MR) is 172 cm³/mol. The van der Waals surface area contributed by atoms with E-state index >= 15 is 0 Å². The van der Waals surface area contributed by atoms with Crippen molar-refractivity contribution in [2.24, 2.45) is 23.2 Å². The molecular weight excluding hydrogens is 574 g/mol. The maximum Gasteiger partial charge on any atom is 0.246 e. The fourth-order valence-electron chi connectivity index (χ4n) is 9.13. The van der Waals surface area contributed by atoms with Crippen molar-refractivity contribution in [1.29, 1.82) is 0 Å². The number of fused-ring (bicyclic) bond motifs is 1. The molecule has 4 aliphatic carbocycles. The summed E-state index contributed by atoms with van der Waals surface area (Å²) in [6.45, 7) is 3.55. The first-order valence-corrected chi connectivity index (χ1v) is 16.8. The number of pyridine rings is 1. The van der Waals surface area contributed by atoms with Gasteiger partial charge < -0.3 is 20.1 Å². The fraction of sp³-hybridized carbons (Fsp3) is 0.543. The van der Waals surface area contributed by atoms with Crippen LogP contribution in [0.1, 0.15) is 70.3 Å². The molecule has 0 unspecified atom stereocenters. The summed E-state index contributed by atoms with van der Waals surface area (Å²) in [7, 11) is 0. The molecule has 2 N–H and O–H groups in total. The number of anilines is 1. The van der Waals surface area contributed by atoms with Gasteiger partial charge in [-0.25, -0.2) is 4.98 Å². The standard InChI is InChI=1S/C35H42ClN5O3/c1-2-25-19-38-34-32(25)33(36)28(20-39-34)26-5-3-6-27(14-26)41-10-9-40(21-31(41)44)30(43)7-4-8-37-29(42)18-35-15-22-11-23(16-35)13-24(12-22)17-35/h3,5-6,14,19-20,22-24H,2,4,7-13,15-18,21H2,1H3,(H,37,42)(H,38,39). The van der Waals surface area contributed by atoms with Crippen LogP contribution in [-0.4, -0.2) is 58.8 Å². The maximum atomic E-state index is 13.2. The molecule has 2 aromatic heterocycles. The Morgan fingerprint density at radius 1 is 1.11 bits per heavy atom. The molecule has 0 atom stereocenters. The van der Waals surface area contributed by atoms with E-state index in [9.17, 15) is 14.4 Å². The zero-order valence-electron chi connectivity index (χ0n) is 25.5. The number of nitrogens with zero attached hydrogens (tertiary/aromatic N) is 3. The van der Waals surface area contributed by atoms with Gasteiger partial charge in [0, 0.05) is 61.5 Å². The fourth-order valence-corrected chi connectivity index (χ4v) is 9.50. The van der Waals surface area contributed by atoms with Gasteiger partial charge in [0.2, 0.25) is 17.7 Å². The Balaban J connectivity index is 0.904. The molecule has 0 radical (unpaired) electrons. The van der Waals surface area contributed by atoms with E-state index in [0.717, 1.165) is 57.6 Å². The van der Waals surface area contributed by atoms with Crippen molar-refractivity contribution in [3.05, 3.63) is 47.2 Å². The van der Waals surface area contributed by atoms with Crippen molar-refractivity contribution in [3.63, 3.8) is 0 Å². The number of aromatic nitrogens is 2. The molecule has 3 heterocycles. The number of amides is 3. The van der Waals surface area contributed by atoms with Crippen LogP contribution in [0.5, 0.6) is 0 Å². The zero-order chi connectivity index (χ0) is 30.4. The summed E-state index contributed by atoms with van der Waals surface area (Å²) in [6.07, 6.45) is 13.9. The van der Waals surface area contributed by atoms with E-state index in [1.165, 1.54) is 38.5 Å². The minimum Gasteiger partial charge on any atom is -0.356 e. The number of halogens is 1. The van der Waals surface area contributed by atoms with Crippen molar-refractivity contribution in [2.45, 2.75) is 71.1 Å². The Bertz CT molecular complexity index is 1560. The van der Waals surface area contributed by atoms with E-state index in [1.54, 1.807) is 16.0 Å². The van der Waals surface area contributed by atoms with Gasteiger partial charge in [-0.1, -0.05) is 30.7 Å². The SMILES string of the molecule is CCc1c[nH]c2ncc(-c3cccc(N4CCN(C(=O)CCCNC(=O)CC56CC7CC(CC(C7)C5)C6)CC4=O)c3)c(Cl)c12. The Morgan fingerprint density at radius 3 is 2.57 bits per heavy atom. The third-order valence-corrected chi connectivity index (χ3v) is 11.1. The first kappa shape index (κ1) is 29.3. The van der Waals surface area contributed by atoms with Crippen LogP contribution in [0.4, 0.5) is 5.69 Å². The maximum absolute atomic E-state index is 13.2. The predicted octanol–water partition coefficient (Wildman–Crippen LogP) is 6.12. The van der Waals surface area contributed by atoms with E-state index in [2.05, 4.69) is 22.2 Å². The second-order valence-corrected chi connectivity index (χ2v) is 14.2. The molecule has 232 valence electrons. The zero-order valence-corrected chi connectivity index (χ0v) is 26.3. The van der Waals surface area contributed by atoms with Crippen molar-refractivity contribution in [1.82, 2.24) is 20.2 Å². The van der Waals surface area contributed by atoms with Gasteiger partial charge in [0.15, 0.2) is 0 Å². The van der Waals surface area contributed by atoms with E-state index < -0.39 is 0 Å². The minimum atomic E-state index is -0.107. The molecule has 8 rings (SSSR count). The van der Waals surface area contributed by atoms with Gasteiger partial charge in [0.25, 0.3) is 0 Å². The van der Waals surface area contributed by atoms with Gasteiger partial charge >= 0.3 is 0 Å². The Hall–Kier alpha value is -3.39. The molecule has 1 aromatic carbocycles. The average Bonchev–Trinajstić information content (AvgIpc) is 3.43. The lowest BCUT2D eigenvalue weighted by Crippen LogP contribution is -2.52. The van der Waals surface area contributed by atoms with E-state index in [0.29, 0.717) is 43.9 Å². The van der Waals surface area contributed by atoms with E-state index in [-0.39, 0.29) is 29.7 Å². The highest BCUT2D eigenvalue weighted by atomic mass is 35.5. The van der Waals surface area contributed by atoms with E-state index in [1.807, 2.05) is 30.5 Å². The van der Waals surface area contributed by atoms with Crippen LogP contribution in [0.15, 0.2) is 36.7 Å². The Labute approximate surface area is 263 Å². The number of hydrogen-bond acceptors (Lipinski definition) is 4. The second-order valence-electron chi connectivity index (χ2n) is 13.8. The van der Waals surface area contributed by atoms with Gasteiger partial charge in [-0.2, -0.15) is 0 Å². The number of H-pyrrole nitrogens is 1. The highest BCUT2D eigenvalue weighted by Gasteiger charge is 2.51. The molecule has 1 saturated heterocycles. The smallest absolute Gasteiger partial charge is 0.246 e. The summed E-state index contributed by atoms with van der Waals surface area (Å²) >= 11 is 6.85. The number of aryl methyl sites for hydroxylation is 1. The van der Waals surface area contributed by atoms with E-state index in [4.69, 9.17) is 11.6 Å². The lowest BCUT2D eigenvalue weighted by Gasteiger charge is -2.56. The number of carbonyl (C=O) groups is 3. The normalized spacial score (nSPS) is 26.0. The molecule has 3 aromatic rings. The summed E-state index contributed by atoms with van der Waals surface area (Å²) in [4.78, 5) is 50.1. The number of benzene rings is 1. The summed E-state index contributed by atoms with van der Waals surface area (Å²) < 4.78 is 0. The molecule has 4 bridgehead atoms. The first-order valence-electron chi connectivity index (χ1n) is 16.4. The molecule has 5 aliphatic rings. The molecule has 9 heteroatoms. The van der Waals surface area contributed by atoms with Crippen LogP contribution in [0.2, 0.25) is 5.02 Å². The molecule has 3 amide bonds. The van der Waals surface area contributed by atoms with Crippen LogP contribution in [-0.2, 0) is 20.8 Å². The largest absolute Gasteiger partial charge is 0.356 e. The number of hydrogen-bond donors (Lipinski definition) is 2. The molecule has 4 saturated carbocycles. The third-order valence-electron chi connectivity index (χ3n) is 10.7. The van der Waals surface area contributed by atoms with Crippen LogP contribution < -0.4 is 10.2 Å². The van der Waals surface area contributed by atoms with Crippen molar-refractivity contribution >= 4 is 46.0 Å². The van der Waals surface area contributed by atoms with Gasteiger partial charge in [-0.15, -0.1) is 0 Å². The average molecular weight is 616 g/mol. The summed E-state index contributed by atoms with van der Waals surface area (Å²) in [5, 5.41) is 4.67. The number of rotatable bonds is 9. The number of aromatic amines is 1. The number of piperazine rings is 1. The van der Waals surface area contributed by atoms with Gasteiger partial charge in [-0.05, 0) is 97.8 Å². The van der Waals surface area contributed by atoms with Gasteiger partial charge in [-0.3, -0.25) is 14.4 Å². The Kier molecular flexibility index (Phi) is 7.89. The molecule has 5 fully saturated rings. The highest BCUT2D eigenvalue weighted by Crippen LogP contribution is 2.61. The van der Waals surface area contributed by atoms with Crippen molar-refractivity contribution < 1.29 is 14.4 Å². The first-order chi connectivity index (χ1) is 21.3. The quantitative estimate of drug-likeness (QED) is 0.283. The second kappa shape index (κ2) is 11.8. The number of carbonyl (C=O) groups excluding carboxylic acids is 3. The van der Waals surface area contributed by atoms with Crippen LogP contribution in [0.25, 0.3) is 22.2 Å². The molecule has 44 heavy (non-hydrogen) atoms. The van der Waals surface area contributed by atoms with Gasteiger partial charge in [0.1, 0.15) is 12.2 Å². The number of nitrogens with one attached hydrogen (secondary N) is 2. The van der Waals surface area contributed by atoms with Crippen LogP contribution >= 0.6 is 11.6 Å². The summed E-state index contributed by atoms with van der Waals surface area (Å²) in [6, 6.07) is 7.78. The van der Waals surface area contributed by atoms with Crippen LogP contribution in [0.3, 0.4) is 0 Å². The lowest BCUT2D eigenvalue weighted by molar-refractivity contribution is -0.137. The molecule has 1 aliphatic heterocycles. The lowest BCUT2D eigenvalue weighted by atomic mass is 9.49. The topological polar surface area (TPSA) is 98.4 Å². The molecule has 8 nitrogen and oxygen atoms in total.